The minimum Gasteiger partial charge on any atom is -0.487 e. The molecule has 1 saturated carbocycles. The third-order valence-electron chi connectivity index (χ3n) is 2.41. The minimum absolute atomic E-state index is 0.428. The first kappa shape index (κ1) is 7.85. The fourth-order valence-electron chi connectivity index (χ4n) is 1.59. The van der Waals surface area contributed by atoms with Gasteiger partial charge in [0.1, 0.15) is 0 Å². The molecule has 0 atom stereocenters. The molecule has 2 aromatic rings. The summed E-state index contributed by atoms with van der Waals surface area (Å²) in [6.45, 7) is 2.07. The summed E-state index contributed by atoms with van der Waals surface area (Å²) in [7, 11) is 0. The van der Waals surface area contributed by atoms with Crippen LogP contribution in [0, 0.1) is 6.92 Å². The monoisotopic (exact) mass is 188 g/mol. The van der Waals surface area contributed by atoms with Gasteiger partial charge in [0.05, 0.1) is 6.10 Å². The van der Waals surface area contributed by atoms with E-state index in [0.717, 1.165) is 11.4 Å². The van der Waals surface area contributed by atoms with Crippen LogP contribution >= 0.6 is 0 Å². The highest BCUT2D eigenvalue weighted by molar-refractivity contribution is 5.55. The molecule has 0 radical (unpaired) electrons. The molecule has 0 saturated heterocycles. The third-order valence-corrected chi connectivity index (χ3v) is 2.41. The van der Waals surface area contributed by atoms with Crippen LogP contribution in [0.4, 0.5) is 0 Å². The summed E-state index contributed by atoms with van der Waals surface area (Å²) in [6, 6.07) is 2.06. The van der Waals surface area contributed by atoms with E-state index in [9.17, 15) is 0 Å². The van der Waals surface area contributed by atoms with Gasteiger partial charge in [0.15, 0.2) is 11.4 Å². The molecule has 1 aliphatic carbocycles. The Morgan fingerprint density at radius 1 is 1.50 bits per heavy atom. The van der Waals surface area contributed by atoms with E-state index < -0.39 is 0 Å². The number of ether oxygens (including phenoxy) is 1. The van der Waals surface area contributed by atoms with Crippen molar-refractivity contribution in [2.75, 3.05) is 0 Å². The van der Waals surface area contributed by atoms with Crippen LogP contribution in [-0.4, -0.2) is 15.5 Å². The number of rotatable bonds is 2. The molecule has 0 N–H and O–H groups in total. The predicted octanol–water partition coefficient (Wildman–Crippen LogP) is 2.18. The first-order valence-corrected chi connectivity index (χ1v) is 4.93. The highest BCUT2D eigenvalue weighted by Crippen LogP contribution is 2.29. The maximum absolute atomic E-state index is 5.79. The van der Waals surface area contributed by atoms with Crippen molar-refractivity contribution in [1.29, 1.82) is 0 Å². The second kappa shape index (κ2) is 2.74. The first-order chi connectivity index (χ1) is 6.83. The van der Waals surface area contributed by atoms with Crippen LogP contribution in [-0.2, 0) is 0 Å². The molecule has 0 bridgehead atoms. The molecule has 1 aliphatic rings. The van der Waals surface area contributed by atoms with Crippen molar-refractivity contribution in [2.24, 2.45) is 0 Å². The number of hydrogen-bond donors (Lipinski definition) is 0. The highest BCUT2D eigenvalue weighted by Gasteiger charge is 2.24. The SMILES string of the molecule is Cc1cc(OC2CC2)c2nccn2c1. The molecule has 0 amide bonds. The fraction of sp³-hybridized carbons (Fsp3) is 0.364. The van der Waals surface area contributed by atoms with Gasteiger partial charge in [0, 0.05) is 18.6 Å². The van der Waals surface area contributed by atoms with Gasteiger partial charge in [-0.05, 0) is 31.4 Å². The summed E-state index contributed by atoms with van der Waals surface area (Å²) in [6.07, 6.45) is 8.60. The molecule has 1 fully saturated rings. The number of nitrogens with zero attached hydrogens (tertiary/aromatic N) is 2. The normalized spacial score (nSPS) is 16.1. The molecule has 0 aliphatic heterocycles. The Balaban J connectivity index is 2.13. The van der Waals surface area contributed by atoms with Gasteiger partial charge in [-0.1, -0.05) is 0 Å². The summed E-state index contributed by atoms with van der Waals surface area (Å²) < 4.78 is 7.80. The third kappa shape index (κ3) is 1.25. The van der Waals surface area contributed by atoms with Crippen LogP contribution < -0.4 is 4.74 Å². The molecule has 3 heteroatoms. The summed E-state index contributed by atoms with van der Waals surface area (Å²) >= 11 is 0. The van der Waals surface area contributed by atoms with E-state index in [1.165, 1.54) is 18.4 Å². The topological polar surface area (TPSA) is 26.5 Å². The van der Waals surface area contributed by atoms with E-state index in [2.05, 4.69) is 24.2 Å². The van der Waals surface area contributed by atoms with E-state index in [4.69, 9.17) is 4.74 Å². The minimum atomic E-state index is 0.428. The zero-order chi connectivity index (χ0) is 9.54. The van der Waals surface area contributed by atoms with E-state index in [1.54, 1.807) is 6.20 Å². The largest absolute Gasteiger partial charge is 0.487 e. The average Bonchev–Trinajstić information content (AvgIpc) is 2.81. The van der Waals surface area contributed by atoms with Gasteiger partial charge < -0.3 is 9.14 Å². The van der Waals surface area contributed by atoms with Crippen molar-refractivity contribution in [3.63, 3.8) is 0 Å². The molecule has 0 spiro atoms. The molecule has 2 aromatic heterocycles. The van der Waals surface area contributed by atoms with Crippen LogP contribution in [0.3, 0.4) is 0 Å². The Kier molecular flexibility index (Phi) is 1.54. The number of pyridine rings is 1. The van der Waals surface area contributed by atoms with Crippen LogP contribution in [0.25, 0.3) is 5.65 Å². The van der Waals surface area contributed by atoms with Crippen LogP contribution in [0.5, 0.6) is 5.75 Å². The molecule has 2 heterocycles. The number of aromatic nitrogens is 2. The maximum atomic E-state index is 5.79. The number of imidazole rings is 1. The second-order valence-electron chi connectivity index (χ2n) is 3.86. The lowest BCUT2D eigenvalue weighted by Gasteiger charge is -2.06. The maximum Gasteiger partial charge on any atom is 0.179 e. The predicted molar refractivity (Wildman–Crippen MR) is 53.6 cm³/mol. The van der Waals surface area contributed by atoms with Gasteiger partial charge in [-0.25, -0.2) is 4.98 Å². The lowest BCUT2D eigenvalue weighted by Crippen LogP contribution is -1.99. The Morgan fingerprint density at radius 2 is 2.36 bits per heavy atom. The Hall–Kier alpha value is -1.51. The molecule has 3 nitrogen and oxygen atoms in total. The Morgan fingerprint density at radius 3 is 3.14 bits per heavy atom. The lowest BCUT2D eigenvalue weighted by molar-refractivity contribution is 0.305. The Bertz CT molecular complexity index is 471. The van der Waals surface area contributed by atoms with Gasteiger partial charge in [0.25, 0.3) is 0 Å². The molecule has 3 rings (SSSR count). The fourth-order valence-corrected chi connectivity index (χ4v) is 1.59. The van der Waals surface area contributed by atoms with Gasteiger partial charge in [-0.15, -0.1) is 0 Å². The summed E-state index contributed by atoms with van der Waals surface area (Å²) in [5.41, 5.74) is 2.12. The molecule has 72 valence electrons. The van der Waals surface area contributed by atoms with Crippen LogP contribution in [0.2, 0.25) is 0 Å². The standard InChI is InChI=1S/C11H12N2O/c1-8-6-10(14-9-2-3-9)11-12-4-5-13(11)7-8/h4-7,9H,2-3H2,1H3. The number of aryl methyl sites for hydroxylation is 1. The number of hydrogen-bond acceptors (Lipinski definition) is 2. The summed E-state index contributed by atoms with van der Waals surface area (Å²) in [4.78, 5) is 4.28. The van der Waals surface area contributed by atoms with E-state index in [-0.39, 0.29) is 0 Å². The zero-order valence-corrected chi connectivity index (χ0v) is 8.10. The zero-order valence-electron chi connectivity index (χ0n) is 8.10. The van der Waals surface area contributed by atoms with Gasteiger partial charge in [-0.2, -0.15) is 0 Å². The van der Waals surface area contributed by atoms with E-state index in [0.29, 0.717) is 6.10 Å². The molecule has 0 aromatic carbocycles. The summed E-state index contributed by atoms with van der Waals surface area (Å²) in [5.74, 6) is 0.914. The average molecular weight is 188 g/mol. The summed E-state index contributed by atoms with van der Waals surface area (Å²) in [5, 5.41) is 0. The first-order valence-electron chi connectivity index (χ1n) is 4.93. The van der Waals surface area contributed by atoms with Crippen molar-refractivity contribution in [1.82, 2.24) is 9.38 Å². The van der Waals surface area contributed by atoms with Crippen molar-refractivity contribution >= 4 is 5.65 Å². The van der Waals surface area contributed by atoms with Gasteiger partial charge in [-0.3, -0.25) is 0 Å². The van der Waals surface area contributed by atoms with Gasteiger partial charge in [0.2, 0.25) is 0 Å². The highest BCUT2D eigenvalue weighted by atomic mass is 16.5. The van der Waals surface area contributed by atoms with Crippen molar-refractivity contribution < 1.29 is 4.74 Å². The molecule has 14 heavy (non-hydrogen) atoms. The van der Waals surface area contributed by atoms with E-state index >= 15 is 0 Å². The van der Waals surface area contributed by atoms with E-state index in [1.807, 2.05) is 10.6 Å². The van der Waals surface area contributed by atoms with Crippen molar-refractivity contribution in [2.45, 2.75) is 25.9 Å². The second-order valence-corrected chi connectivity index (χ2v) is 3.86. The molecule has 0 unspecified atom stereocenters. The van der Waals surface area contributed by atoms with Crippen LogP contribution in [0.15, 0.2) is 24.7 Å². The van der Waals surface area contributed by atoms with Crippen molar-refractivity contribution in [3.8, 4) is 5.75 Å². The van der Waals surface area contributed by atoms with Crippen LogP contribution in [0.1, 0.15) is 18.4 Å². The Labute approximate surface area is 82.3 Å². The molecular formula is C11H12N2O. The van der Waals surface area contributed by atoms with Gasteiger partial charge >= 0.3 is 0 Å². The molecular weight excluding hydrogens is 176 g/mol. The van der Waals surface area contributed by atoms with Crippen molar-refractivity contribution in [3.05, 3.63) is 30.2 Å². The number of fused-ring (bicyclic) bond motifs is 1. The lowest BCUT2D eigenvalue weighted by atomic mass is 10.3. The smallest absolute Gasteiger partial charge is 0.179 e. The quantitative estimate of drug-likeness (QED) is 0.722.